The molecule has 0 saturated carbocycles. The second-order valence-corrected chi connectivity index (χ2v) is 11.7. The van der Waals surface area contributed by atoms with Crippen molar-refractivity contribution in [2.75, 3.05) is 16.6 Å². The van der Waals surface area contributed by atoms with E-state index in [4.69, 9.17) is 9.47 Å². The van der Waals surface area contributed by atoms with E-state index in [1.54, 1.807) is 36.6 Å². The minimum absolute atomic E-state index is 0.0985. The summed E-state index contributed by atoms with van der Waals surface area (Å²) in [5, 5.41) is 4.44. The van der Waals surface area contributed by atoms with Gasteiger partial charge >= 0.3 is 18.1 Å². The number of amides is 1. The van der Waals surface area contributed by atoms with Crippen LogP contribution in [0.5, 0.6) is 0 Å². The first-order valence-electron chi connectivity index (χ1n) is 13.0. The Morgan fingerprint density at radius 3 is 2.30 bits per heavy atom. The molecule has 14 heteroatoms. The van der Waals surface area contributed by atoms with Crippen molar-refractivity contribution in [3.8, 4) is 11.1 Å². The van der Waals surface area contributed by atoms with Gasteiger partial charge in [0.1, 0.15) is 10.6 Å². The van der Waals surface area contributed by atoms with Crippen molar-refractivity contribution in [1.82, 2.24) is 0 Å². The largest absolute Gasteiger partial charge is 0.462 e. The zero-order chi connectivity index (χ0) is 32.1. The number of hydrogen-bond donors (Lipinski definition) is 2. The third-order valence-corrected chi connectivity index (χ3v) is 8.37. The molecular formula is C30H25F3N2O7S2. The van der Waals surface area contributed by atoms with Crippen LogP contribution in [0.4, 0.5) is 23.9 Å². The molecule has 1 aromatic heterocycles. The molecule has 0 aliphatic heterocycles. The monoisotopic (exact) mass is 646 g/mol. The molecule has 2 N–H and O–H groups in total. The fraction of sp³-hybridized carbons (Fsp3) is 0.167. The molecule has 1 amide bonds. The summed E-state index contributed by atoms with van der Waals surface area (Å²) in [7, 11) is -4.56. The summed E-state index contributed by atoms with van der Waals surface area (Å²) in [5.41, 5.74) is -0.354. The van der Waals surface area contributed by atoms with Gasteiger partial charge in [-0.3, -0.25) is 9.52 Å². The first-order valence-corrected chi connectivity index (χ1v) is 15.3. The zero-order valence-corrected chi connectivity index (χ0v) is 24.8. The smallest absolute Gasteiger partial charge is 0.416 e. The van der Waals surface area contributed by atoms with Crippen molar-refractivity contribution in [2.45, 2.75) is 31.0 Å². The summed E-state index contributed by atoms with van der Waals surface area (Å²) in [5.74, 6) is -2.53. The third-order valence-electron chi connectivity index (χ3n) is 6.11. The molecule has 44 heavy (non-hydrogen) atoms. The van der Waals surface area contributed by atoms with E-state index in [1.165, 1.54) is 31.2 Å². The maximum Gasteiger partial charge on any atom is 0.416 e. The number of carbonyl (C=O) groups is 3. The van der Waals surface area contributed by atoms with Gasteiger partial charge < -0.3 is 14.8 Å². The minimum Gasteiger partial charge on any atom is -0.462 e. The lowest BCUT2D eigenvalue weighted by molar-refractivity contribution is -0.137. The zero-order valence-electron chi connectivity index (χ0n) is 23.2. The number of alkyl halides is 3. The second kappa shape index (κ2) is 13.3. The molecular weight excluding hydrogens is 621 g/mol. The van der Waals surface area contributed by atoms with Gasteiger partial charge in [0.05, 0.1) is 28.3 Å². The molecule has 0 spiro atoms. The fourth-order valence-corrected chi connectivity index (χ4v) is 6.06. The molecule has 1 atom stereocenters. The SMILES string of the molecule is CCOC(=O)c1c(-c2ccccc2)csc1NC(=O)C(C)OC(=O)c1ccccc1NS(=O)(=O)c1cccc(C(F)(F)F)c1. The minimum atomic E-state index is -4.77. The molecule has 230 valence electrons. The first kappa shape index (κ1) is 32.2. The topological polar surface area (TPSA) is 128 Å². The standard InChI is InChI=1S/C30H25F3N2O7S2/c1-3-41-29(38)25-23(19-10-5-4-6-11-19)17-43-27(25)34-26(36)18(2)42-28(37)22-14-7-8-15-24(22)35-44(39,40)21-13-9-12-20(16-21)30(31,32)33/h4-18,35H,3H2,1-2H3,(H,34,36). The van der Waals surface area contributed by atoms with Gasteiger partial charge in [-0.25, -0.2) is 18.0 Å². The van der Waals surface area contributed by atoms with Crippen molar-refractivity contribution in [3.05, 3.63) is 101 Å². The number of hydrogen-bond acceptors (Lipinski definition) is 8. The van der Waals surface area contributed by atoms with E-state index < -0.39 is 50.6 Å². The van der Waals surface area contributed by atoms with Gasteiger partial charge in [0.25, 0.3) is 15.9 Å². The average molecular weight is 647 g/mol. The van der Waals surface area contributed by atoms with Crippen LogP contribution in [0.25, 0.3) is 11.1 Å². The van der Waals surface area contributed by atoms with Gasteiger partial charge in [-0.1, -0.05) is 48.5 Å². The number of esters is 2. The second-order valence-electron chi connectivity index (χ2n) is 9.15. The summed E-state index contributed by atoms with van der Waals surface area (Å²) >= 11 is 1.07. The van der Waals surface area contributed by atoms with E-state index in [1.807, 2.05) is 6.07 Å². The number of ether oxygens (including phenoxy) is 2. The van der Waals surface area contributed by atoms with Crippen LogP contribution >= 0.6 is 11.3 Å². The molecule has 4 aromatic rings. The number of sulfonamides is 1. The van der Waals surface area contributed by atoms with Gasteiger partial charge in [0.15, 0.2) is 6.10 Å². The molecule has 0 aliphatic carbocycles. The molecule has 0 bridgehead atoms. The number of benzene rings is 3. The Balaban J connectivity index is 1.52. The van der Waals surface area contributed by atoms with Crippen molar-refractivity contribution >= 4 is 49.9 Å². The molecule has 4 rings (SSSR count). The predicted octanol–water partition coefficient (Wildman–Crippen LogP) is 6.60. The lowest BCUT2D eigenvalue weighted by atomic mass is 10.0. The lowest BCUT2D eigenvalue weighted by Gasteiger charge is -2.16. The maximum absolute atomic E-state index is 13.1. The molecule has 0 saturated heterocycles. The summed E-state index contributed by atoms with van der Waals surface area (Å²) in [6.07, 6.45) is -6.18. The summed E-state index contributed by atoms with van der Waals surface area (Å²) in [6.45, 7) is 3.02. The van der Waals surface area contributed by atoms with Crippen LogP contribution in [0.15, 0.2) is 89.1 Å². The Labute approximate surface area is 254 Å². The highest BCUT2D eigenvalue weighted by molar-refractivity contribution is 7.92. The molecule has 0 radical (unpaired) electrons. The summed E-state index contributed by atoms with van der Waals surface area (Å²) in [4.78, 5) is 38.2. The number of para-hydroxylation sites is 1. The summed E-state index contributed by atoms with van der Waals surface area (Å²) < 4.78 is 77.7. The van der Waals surface area contributed by atoms with Crippen LogP contribution < -0.4 is 10.0 Å². The first-order chi connectivity index (χ1) is 20.8. The normalized spacial score (nSPS) is 12.2. The van der Waals surface area contributed by atoms with Crippen molar-refractivity contribution in [2.24, 2.45) is 0 Å². The van der Waals surface area contributed by atoms with Crippen molar-refractivity contribution in [3.63, 3.8) is 0 Å². The van der Waals surface area contributed by atoms with E-state index >= 15 is 0 Å². The van der Waals surface area contributed by atoms with E-state index in [9.17, 15) is 36.0 Å². The highest BCUT2D eigenvalue weighted by Crippen LogP contribution is 2.36. The van der Waals surface area contributed by atoms with Gasteiger partial charge in [0, 0.05) is 10.9 Å². The van der Waals surface area contributed by atoms with Crippen LogP contribution in [0.3, 0.4) is 0 Å². The number of thiophene rings is 1. The molecule has 1 heterocycles. The molecule has 3 aromatic carbocycles. The summed E-state index contributed by atoms with van der Waals surface area (Å²) in [6, 6.07) is 17.3. The fourth-order valence-electron chi connectivity index (χ4n) is 3.97. The number of anilines is 2. The number of carbonyl (C=O) groups excluding carboxylic acids is 3. The number of halogens is 3. The van der Waals surface area contributed by atoms with Crippen molar-refractivity contribution < 1.29 is 45.4 Å². The predicted molar refractivity (Wildman–Crippen MR) is 158 cm³/mol. The van der Waals surface area contributed by atoms with E-state index in [-0.39, 0.29) is 28.4 Å². The Morgan fingerprint density at radius 2 is 1.61 bits per heavy atom. The van der Waals surface area contributed by atoms with E-state index in [2.05, 4.69) is 10.0 Å². The van der Waals surface area contributed by atoms with Crippen molar-refractivity contribution in [1.29, 1.82) is 0 Å². The van der Waals surface area contributed by atoms with Crippen LogP contribution in [0.1, 0.15) is 40.1 Å². The van der Waals surface area contributed by atoms with Crippen LogP contribution in [-0.2, 0) is 30.5 Å². The Kier molecular flexibility index (Phi) is 9.75. The van der Waals surface area contributed by atoms with E-state index in [0.29, 0.717) is 11.6 Å². The van der Waals surface area contributed by atoms with E-state index in [0.717, 1.165) is 35.1 Å². The Bertz CT molecular complexity index is 1790. The number of rotatable bonds is 10. The van der Waals surface area contributed by atoms with Crippen LogP contribution in [0, 0.1) is 0 Å². The van der Waals surface area contributed by atoms with Crippen LogP contribution in [0.2, 0.25) is 0 Å². The molecule has 0 aliphatic rings. The van der Waals surface area contributed by atoms with Crippen LogP contribution in [-0.4, -0.2) is 39.0 Å². The average Bonchev–Trinajstić information content (AvgIpc) is 3.41. The number of nitrogens with one attached hydrogen (secondary N) is 2. The third kappa shape index (κ3) is 7.44. The quantitative estimate of drug-likeness (QED) is 0.186. The molecule has 0 fully saturated rings. The molecule has 9 nitrogen and oxygen atoms in total. The highest BCUT2D eigenvalue weighted by atomic mass is 32.2. The lowest BCUT2D eigenvalue weighted by Crippen LogP contribution is -2.30. The Hall–Kier alpha value is -4.69. The van der Waals surface area contributed by atoms with Gasteiger partial charge in [-0.2, -0.15) is 13.2 Å². The Morgan fingerprint density at radius 1 is 0.932 bits per heavy atom. The highest BCUT2D eigenvalue weighted by Gasteiger charge is 2.32. The van der Waals surface area contributed by atoms with Gasteiger partial charge in [-0.15, -0.1) is 11.3 Å². The van der Waals surface area contributed by atoms with Gasteiger partial charge in [-0.05, 0) is 49.7 Å². The van der Waals surface area contributed by atoms with Gasteiger partial charge in [0.2, 0.25) is 0 Å². The molecule has 1 unspecified atom stereocenters. The maximum atomic E-state index is 13.1.